The molecule has 6 heteroatoms. The summed E-state index contributed by atoms with van der Waals surface area (Å²) < 4.78 is 17.8. The molecule has 0 amide bonds. The third kappa shape index (κ3) is 3.07. The van der Waals surface area contributed by atoms with Crippen LogP contribution < -0.4 is 0 Å². The molecule has 1 saturated heterocycles. The van der Waals surface area contributed by atoms with Gasteiger partial charge >= 0.3 is 5.97 Å². The number of carbonyl (C=O) groups excluding carboxylic acids is 1. The predicted molar refractivity (Wildman–Crippen MR) is 98.8 cm³/mol. The van der Waals surface area contributed by atoms with Crippen molar-refractivity contribution in [1.82, 2.24) is 0 Å². The van der Waals surface area contributed by atoms with Crippen LogP contribution in [0, 0.1) is 11.5 Å². The number of esters is 1. The quantitative estimate of drug-likeness (QED) is 0.401. The van der Waals surface area contributed by atoms with Crippen molar-refractivity contribution in [2.24, 2.45) is 0 Å². The molecule has 1 saturated carbocycles. The van der Waals surface area contributed by atoms with E-state index in [2.05, 4.69) is 31.1 Å². The number of rotatable bonds is 0. The molecule has 0 unspecified atom stereocenters. The largest absolute Gasteiger partial charge is 0.458 e. The first-order valence-corrected chi connectivity index (χ1v) is 12.9. The van der Waals surface area contributed by atoms with Crippen LogP contribution in [0.15, 0.2) is 23.3 Å². The summed E-state index contributed by atoms with van der Waals surface area (Å²) in [6.45, 7) is 6.51. The Morgan fingerprint density at radius 1 is 1.19 bits per heavy atom. The van der Waals surface area contributed by atoms with E-state index in [-0.39, 0.29) is 12.7 Å². The Hall–Kier alpha value is -1.39. The number of fused-ring (bicyclic) bond motifs is 2. The van der Waals surface area contributed by atoms with Gasteiger partial charge in [0, 0.05) is 24.5 Å². The zero-order chi connectivity index (χ0) is 18.6. The predicted octanol–water partition coefficient (Wildman–Crippen LogP) is 2.47. The molecule has 2 fully saturated rings. The van der Waals surface area contributed by atoms with Gasteiger partial charge in [0.2, 0.25) is 0 Å². The Bertz CT molecular complexity index is 744. The fourth-order valence-corrected chi connectivity index (χ4v) is 4.72. The van der Waals surface area contributed by atoms with Gasteiger partial charge in [0.1, 0.15) is 26.9 Å². The SMILES string of the molecule is C[Si](C)(C)C#C[C@@]1(O)C2=CC(=O)OCC2=C[C@@H]2OC3(CCCCC3)O[C@@H]21. The summed E-state index contributed by atoms with van der Waals surface area (Å²) in [6, 6.07) is 0. The van der Waals surface area contributed by atoms with E-state index in [9.17, 15) is 9.90 Å². The minimum absolute atomic E-state index is 0.140. The summed E-state index contributed by atoms with van der Waals surface area (Å²) in [4.78, 5) is 11.8. The molecule has 4 rings (SSSR count). The molecule has 1 N–H and O–H groups in total. The molecule has 2 aliphatic carbocycles. The van der Waals surface area contributed by atoms with Gasteiger partial charge in [-0.1, -0.05) is 32.0 Å². The van der Waals surface area contributed by atoms with Gasteiger partial charge in [-0.25, -0.2) is 4.79 Å². The number of hydrogen-bond donors (Lipinski definition) is 1. The van der Waals surface area contributed by atoms with Gasteiger partial charge in [0.25, 0.3) is 0 Å². The molecule has 3 atom stereocenters. The van der Waals surface area contributed by atoms with Gasteiger partial charge < -0.3 is 19.3 Å². The molecule has 140 valence electrons. The molecule has 5 nitrogen and oxygen atoms in total. The fraction of sp³-hybridized carbons (Fsp3) is 0.650. The maximum absolute atomic E-state index is 11.8. The van der Waals surface area contributed by atoms with Crippen LogP contribution >= 0.6 is 0 Å². The maximum atomic E-state index is 11.8. The van der Waals surface area contributed by atoms with Crippen LogP contribution in [-0.2, 0) is 19.0 Å². The van der Waals surface area contributed by atoms with Crippen molar-refractivity contribution in [3.05, 3.63) is 23.3 Å². The molecule has 4 aliphatic rings. The molecular weight excluding hydrogens is 348 g/mol. The van der Waals surface area contributed by atoms with Gasteiger partial charge in [-0.2, -0.15) is 0 Å². The molecule has 2 heterocycles. The summed E-state index contributed by atoms with van der Waals surface area (Å²) in [5.41, 5.74) is 3.01. The fourth-order valence-electron chi connectivity index (χ4n) is 4.15. The van der Waals surface area contributed by atoms with E-state index in [0.717, 1.165) is 31.3 Å². The third-order valence-electron chi connectivity index (χ3n) is 5.40. The Kier molecular flexibility index (Phi) is 4.20. The highest BCUT2D eigenvalue weighted by Crippen LogP contribution is 2.49. The number of hydrogen-bond acceptors (Lipinski definition) is 5. The summed E-state index contributed by atoms with van der Waals surface area (Å²) >= 11 is 0. The van der Waals surface area contributed by atoms with Crippen LogP contribution in [-0.4, -0.2) is 49.4 Å². The Morgan fingerprint density at radius 2 is 1.92 bits per heavy atom. The van der Waals surface area contributed by atoms with Crippen molar-refractivity contribution in [3.63, 3.8) is 0 Å². The van der Waals surface area contributed by atoms with Crippen LogP contribution in [0.3, 0.4) is 0 Å². The molecule has 0 aromatic heterocycles. The smallest absolute Gasteiger partial charge is 0.331 e. The molecule has 26 heavy (non-hydrogen) atoms. The average Bonchev–Trinajstić information content (AvgIpc) is 2.93. The number of carbonyl (C=O) groups is 1. The van der Waals surface area contributed by atoms with Gasteiger partial charge in [0.05, 0.1) is 0 Å². The van der Waals surface area contributed by atoms with Gasteiger partial charge in [-0.3, -0.25) is 0 Å². The summed E-state index contributed by atoms with van der Waals surface area (Å²) in [5.74, 6) is 2.01. The molecule has 0 bridgehead atoms. The van der Waals surface area contributed by atoms with E-state index in [1.807, 2.05) is 6.08 Å². The van der Waals surface area contributed by atoms with Crippen LogP contribution in [0.1, 0.15) is 32.1 Å². The molecule has 0 radical (unpaired) electrons. The highest BCUT2D eigenvalue weighted by Gasteiger charge is 2.59. The van der Waals surface area contributed by atoms with Crippen molar-refractivity contribution in [2.75, 3.05) is 6.61 Å². The first-order chi connectivity index (χ1) is 12.2. The first-order valence-electron chi connectivity index (χ1n) is 9.43. The average molecular weight is 375 g/mol. The number of ether oxygens (including phenoxy) is 3. The van der Waals surface area contributed by atoms with Crippen molar-refractivity contribution in [2.45, 2.75) is 75.3 Å². The van der Waals surface area contributed by atoms with Crippen molar-refractivity contribution >= 4 is 14.0 Å². The monoisotopic (exact) mass is 374 g/mol. The lowest BCUT2D eigenvalue weighted by Crippen LogP contribution is -2.53. The van der Waals surface area contributed by atoms with E-state index in [4.69, 9.17) is 14.2 Å². The summed E-state index contributed by atoms with van der Waals surface area (Å²) in [7, 11) is -1.73. The zero-order valence-corrected chi connectivity index (χ0v) is 16.6. The van der Waals surface area contributed by atoms with Gasteiger partial charge in [0.15, 0.2) is 11.4 Å². The van der Waals surface area contributed by atoms with Crippen LogP contribution in [0.25, 0.3) is 0 Å². The van der Waals surface area contributed by atoms with Crippen LogP contribution in [0.4, 0.5) is 0 Å². The highest BCUT2D eigenvalue weighted by atomic mass is 28.3. The maximum Gasteiger partial charge on any atom is 0.331 e. The van der Waals surface area contributed by atoms with Gasteiger partial charge in [-0.05, 0) is 24.5 Å². The van der Waals surface area contributed by atoms with E-state index >= 15 is 0 Å². The van der Waals surface area contributed by atoms with Gasteiger partial charge in [-0.15, -0.1) is 5.54 Å². The Morgan fingerprint density at radius 3 is 2.62 bits per heavy atom. The van der Waals surface area contributed by atoms with Crippen LogP contribution in [0.5, 0.6) is 0 Å². The minimum Gasteiger partial charge on any atom is -0.458 e. The lowest BCUT2D eigenvalue weighted by Gasteiger charge is -2.39. The third-order valence-corrected chi connectivity index (χ3v) is 6.28. The number of aliphatic hydroxyl groups is 1. The minimum atomic E-state index is -1.73. The van der Waals surface area contributed by atoms with Crippen molar-refractivity contribution in [1.29, 1.82) is 0 Å². The second kappa shape index (κ2) is 6.06. The van der Waals surface area contributed by atoms with E-state index in [1.54, 1.807) is 0 Å². The molecule has 0 aromatic rings. The standard InChI is InChI=1S/C20H26O5Si/c1-26(2,3)10-9-20(22)15-12-17(21)23-13-14(15)11-16-18(20)25-19(24-16)7-5-4-6-8-19/h11-12,16,18,22H,4-8,13H2,1-3H3/t16-,18-,20+/m0/s1. The molecule has 2 aliphatic heterocycles. The number of cyclic esters (lactones) is 1. The van der Waals surface area contributed by atoms with E-state index < -0.39 is 31.5 Å². The molecule has 1 spiro atoms. The normalized spacial score (nSPS) is 35.5. The first kappa shape index (κ1) is 18.0. The second-order valence-corrected chi connectivity index (χ2v) is 13.5. The Balaban J connectivity index is 1.78. The lowest BCUT2D eigenvalue weighted by molar-refractivity contribution is -0.200. The molecular formula is C20H26O5Si. The van der Waals surface area contributed by atoms with E-state index in [1.165, 1.54) is 12.5 Å². The zero-order valence-electron chi connectivity index (χ0n) is 15.6. The van der Waals surface area contributed by atoms with Crippen LogP contribution in [0.2, 0.25) is 19.6 Å². The van der Waals surface area contributed by atoms with E-state index in [0.29, 0.717) is 5.57 Å². The van der Waals surface area contributed by atoms with Crippen molar-refractivity contribution < 1.29 is 24.1 Å². The van der Waals surface area contributed by atoms with Crippen molar-refractivity contribution in [3.8, 4) is 11.5 Å². The lowest BCUT2D eigenvalue weighted by atomic mass is 9.76. The highest BCUT2D eigenvalue weighted by molar-refractivity contribution is 6.83. The summed E-state index contributed by atoms with van der Waals surface area (Å²) in [6.07, 6.45) is 7.25. The topological polar surface area (TPSA) is 65.0 Å². The summed E-state index contributed by atoms with van der Waals surface area (Å²) in [5, 5.41) is 11.7. The Labute approximate surface area is 155 Å². The molecule has 0 aromatic carbocycles. The second-order valence-electron chi connectivity index (χ2n) is 8.72.